The van der Waals surface area contributed by atoms with Gasteiger partial charge >= 0.3 is 0 Å². The lowest BCUT2D eigenvalue weighted by atomic mass is 9.93. The molecule has 0 saturated heterocycles. The molecule has 4 aromatic rings. The van der Waals surface area contributed by atoms with Crippen molar-refractivity contribution in [2.75, 3.05) is 6.61 Å². The molecular formula is C22H18ClF2N5O. The lowest BCUT2D eigenvalue weighted by Crippen LogP contribution is -2.21. The Morgan fingerprint density at radius 3 is 2.61 bits per heavy atom. The molecule has 6 nitrogen and oxygen atoms in total. The van der Waals surface area contributed by atoms with Gasteiger partial charge in [-0.15, -0.1) is 0 Å². The molecule has 9 heteroatoms. The summed E-state index contributed by atoms with van der Waals surface area (Å²) in [5.41, 5.74) is 1.81. The Morgan fingerprint density at radius 1 is 1.10 bits per heavy atom. The first kappa shape index (κ1) is 19.8. The van der Waals surface area contributed by atoms with Crippen LogP contribution in [0.5, 0.6) is 5.75 Å². The fourth-order valence-corrected chi connectivity index (χ4v) is 4.20. The molecule has 1 aliphatic carbocycles. The summed E-state index contributed by atoms with van der Waals surface area (Å²) in [6.45, 7) is 3.82. The summed E-state index contributed by atoms with van der Waals surface area (Å²) in [7, 11) is 0. The first-order valence-electron chi connectivity index (χ1n) is 9.75. The van der Waals surface area contributed by atoms with Gasteiger partial charge in [-0.2, -0.15) is 0 Å². The number of nitrogens with zero attached hydrogens (tertiary/aromatic N) is 4. The Balaban J connectivity index is 1.52. The third kappa shape index (κ3) is 3.61. The minimum atomic E-state index is -0.655. The molecule has 1 aromatic carbocycles. The quantitative estimate of drug-likeness (QED) is 0.481. The maximum absolute atomic E-state index is 14.1. The number of fused-ring (bicyclic) bond motifs is 1. The highest BCUT2D eigenvalue weighted by Gasteiger charge is 2.58. The summed E-state index contributed by atoms with van der Waals surface area (Å²) in [5.74, 6) is 0.458. The Morgan fingerprint density at radius 2 is 1.87 bits per heavy atom. The summed E-state index contributed by atoms with van der Waals surface area (Å²) in [4.78, 5) is 20.5. The van der Waals surface area contributed by atoms with Gasteiger partial charge in [0.05, 0.1) is 29.0 Å². The molecule has 1 saturated carbocycles. The highest BCUT2D eigenvalue weighted by atomic mass is 35.5. The Bertz CT molecular complexity index is 1290. The van der Waals surface area contributed by atoms with E-state index in [1.54, 1.807) is 19.2 Å². The maximum Gasteiger partial charge on any atom is 0.177 e. The monoisotopic (exact) mass is 441 g/mol. The molecular weight excluding hydrogens is 424 g/mol. The van der Waals surface area contributed by atoms with E-state index in [-0.39, 0.29) is 12.5 Å². The van der Waals surface area contributed by atoms with Crippen LogP contribution in [0, 0.1) is 25.5 Å². The smallest absolute Gasteiger partial charge is 0.177 e. The number of ether oxygens (including phenoxy) is 1. The van der Waals surface area contributed by atoms with Crippen molar-refractivity contribution in [1.82, 2.24) is 24.9 Å². The summed E-state index contributed by atoms with van der Waals surface area (Å²) in [6, 6.07) is 5.31. The second-order valence-corrected chi connectivity index (χ2v) is 8.31. The van der Waals surface area contributed by atoms with E-state index in [0.29, 0.717) is 51.3 Å². The SMILES string of the molecule is Cc1ncc(OC[C@@]2(c3cc(F)cc(F)c3)C[C@H]2c2nc3ncc(Cl)cc3[nH]2)c(C)n1. The number of aromatic nitrogens is 5. The van der Waals surface area contributed by atoms with Crippen molar-refractivity contribution in [2.45, 2.75) is 31.6 Å². The number of halogens is 3. The van der Waals surface area contributed by atoms with Gasteiger partial charge in [0.25, 0.3) is 0 Å². The number of hydrogen-bond donors (Lipinski definition) is 1. The molecule has 3 heterocycles. The summed E-state index contributed by atoms with van der Waals surface area (Å²) in [6.07, 6.45) is 3.75. The zero-order valence-electron chi connectivity index (χ0n) is 16.8. The Kier molecular flexibility index (Phi) is 4.62. The van der Waals surface area contributed by atoms with E-state index in [9.17, 15) is 8.78 Å². The molecule has 0 aliphatic heterocycles. The van der Waals surface area contributed by atoms with Crippen LogP contribution in [0.2, 0.25) is 5.02 Å². The molecule has 31 heavy (non-hydrogen) atoms. The molecule has 1 N–H and O–H groups in total. The summed E-state index contributed by atoms with van der Waals surface area (Å²) < 4.78 is 34.2. The number of rotatable bonds is 5. The molecule has 1 fully saturated rings. The Hall–Kier alpha value is -3.13. The van der Waals surface area contributed by atoms with E-state index in [0.717, 1.165) is 6.07 Å². The number of nitrogens with one attached hydrogen (secondary N) is 1. The highest BCUT2D eigenvalue weighted by molar-refractivity contribution is 6.31. The standard InChI is InChI=1S/C22H18ClF2N5O/c1-11-19(9-26-12(2)28-11)31-10-22(13-3-15(24)6-16(25)4-13)7-17(22)20-29-18-5-14(23)8-27-21(18)30-20/h3-6,8-9,17H,7,10H2,1-2H3,(H,27,29,30)/t17-,22+/m0/s1. The Labute approximate surface area is 181 Å². The van der Waals surface area contributed by atoms with Gasteiger partial charge in [-0.3, -0.25) is 0 Å². The largest absolute Gasteiger partial charge is 0.489 e. The molecule has 0 amide bonds. The van der Waals surface area contributed by atoms with E-state index >= 15 is 0 Å². The molecule has 1 aliphatic rings. The molecule has 0 bridgehead atoms. The second kappa shape index (κ2) is 7.23. The van der Waals surface area contributed by atoms with Crippen LogP contribution in [-0.4, -0.2) is 31.5 Å². The van der Waals surface area contributed by atoms with Gasteiger partial charge in [-0.05, 0) is 44.0 Å². The maximum atomic E-state index is 14.1. The molecule has 5 rings (SSSR count). The van der Waals surface area contributed by atoms with E-state index in [4.69, 9.17) is 16.3 Å². The van der Waals surface area contributed by atoms with Crippen LogP contribution in [0.3, 0.4) is 0 Å². The van der Waals surface area contributed by atoms with Crippen molar-refractivity contribution in [1.29, 1.82) is 0 Å². The van der Waals surface area contributed by atoms with Crippen LogP contribution in [0.1, 0.15) is 35.2 Å². The summed E-state index contributed by atoms with van der Waals surface area (Å²) in [5, 5.41) is 0.496. The molecule has 0 radical (unpaired) electrons. The molecule has 2 atom stereocenters. The first-order valence-corrected chi connectivity index (χ1v) is 10.1. The van der Waals surface area contributed by atoms with E-state index in [1.807, 2.05) is 6.92 Å². The van der Waals surface area contributed by atoms with Crippen molar-refractivity contribution in [3.8, 4) is 5.75 Å². The fraction of sp³-hybridized carbons (Fsp3) is 0.273. The van der Waals surface area contributed by atoms with Gasteiger partial charge in [0, 0.05) is 23.6 Å². The van der Waals surface area contributed by atoms with Gasteiger partial charge in [0.1, 0.15) is 23.3 Å². The van der Waals surface area contributed by atoms with Crippen LogP contribution in [0.4, 0.5) is 8.78 Å². The van der Waals surface area contributed by atoms with Crippen LogP contribution in [0.15, 0.2) is 36.7 Å². The zero-order valence-corrected chi connectivity index (χ0v) is 17.5. The average molecular weight is 442 g/mol. The van der Waals surface area contributed by atoms with Gasteiger partial charge < -0.3 is 9.72 Å². The van der Waals surface area contributed by atoms with Crippen molar-refractivity contribution in [3.63, 3.8) is 0 Å². The zero-order chi connectivity index (χ0) is 21.8. The molecule has 3 aromatic heterocycles. The van der Waals surface area contributed by atoms with Crippen molar-refractivity contribution < 1.29 is 13.5 Å². The van der Waals surface area contributed by atoms with E-state index < -0.39 is 17.0 Å². The lowest BCUT2D eigenvalue weighted by Gasteiger charge is -2.19. The normalized spacial score (nSPS) is 20.2. The van der Waals surface area contributed by atoms with Gasteiger partial charge in [0.2, 0.25) is 0 Å². The molecule has 0 unspecified atom stereocenters. The van der Waals surface area contributed by atoms with Crippen LogP contribution in [0.25, 0.3) is 11.2 Å². The minimum Gasteiger partial charge on any atom is -0.489 e. The fourth-order valence-electron chi connectivity index (χ4n) is 4.05. The number of H-pyrrole nitrogens is 1. The number of pyridine rings is 1. The second-order valence-electron chi connectivity index (χ2n) is 7.87. The van der Waals surface area contributed by atoms with Gasteiger partial charge in [-0.25, -0.2) is 28.7 Å². The predicted molar refractivity (Wildman–Crippen MR) is 111 cm³/mol. The van der Waals surface area contributed by atoms with Gasteiger partial charge in [-0.1, -0.05) is 11.6 Å². The van der Waals surface area contributed by atoms with Crippen LogP contribution < -0.4 is 4.74 Å². The lowest BCUT2D eigenvalue weighted by molar-refractivity contribution is 0.269. The number of benzene rings is 1. The number of aromatic amines is 1. The molecule has 0 spiro atoms. The van der Waals surface area contributed by atoms with E-state index in [1.165, 1.54) is 18.3 Å². The average Bonchev–Trinajstić information content (AvgIpc) is 3.30. The third-order valence-electron chi connectivity index (χ3n) is 5.71. The van der Waals surface area contributed by atoms with Crippen LogP contribution in [-0.2, 0) is 5.41 Å². The minimum absolute atomic E-state index is 0.131. The van der Waals surface area contributed by atoms with Crippen LogP contribution >= 0.6 is 11.6 Å². The van der Waals surface area contributed by atoms with Gasteiger partial charge in [0.15, 0.2) is 11.4 Å². The number of imidazole rings is 1. The van der Waals surface area contributed by atoms with E-state index in [2.05, 4.69) is 24.9 Å². The van der Waals surface area contributed by atoms with Crippen molar-refractivity contribution in [2.24, 2.45) is 0 Å². The van der Waals surface area contributed by atoms with Crippen molar-refractivity contribution in [3.05, 3.63) is 76.2 Å². The van der Waals surface area contributed by atoms with Crippen molar-refractivity contribution >= 4 is 22.8 Å². The summed E-state index contributed by atoms with van der Waals surface area (Å²) >= 11 is 6.03. The third-order valence-corrected chi connectivity index (χ3v) is 5.91. The predicted octanol–water partition coefficient (Wildman–Crippen LogP) is 4.80. The highest BCUT2D eigenvalue weighted by Crippen LogP contribution is 2.60. The number of hydrogen-bond acceptors (Lipinski definition) is 5. The topological polar surface area (TPSA) is 76.6 Å². The first-order chi connectivity index (χ1) is 14.8. The number of aryl methyl sites for hydroxylation is 2. The molecule has 158 valence electrons.